The fraction of sp³-hybridized carbons (Fsp3) is 0.414. The molecule has 0 saturated carbocycles. The minimum absolute atomic E-state index is 0.0164. The molecule has 0 bridgehead atoms. The van der Waals surface area contributed by atoms with Gasteiger partial charge in [-0.2, -0.15) is 0 Å². The van der Waals surface area contributed by atoms with Gasteiger partial charge in [0.2, 0.25) is 0 Å². The van der Waals surface area contributed by atoms with Crippen molar-refractivity contribution in [1.82, 2.24) is 9.80 Å². The van der Waals surface area contributed by atoms with Crippen molar-refractivity contribution in [3.8, 4) is 0 Å². The van der Waals surface area contributed by atoms with Crippen molar-refractivity contribution in [2.24, 2.45) is 5.73 Å². The number of rotatable bonds is 6. The van der Waals surface area contributed by atoms with E-state index in [4.69, 9.17) is 10.2 Å². The van der Waals surface area contributed by atoms with Crippen LogP contribution in [-0.2, 0) is 0 Å². The molecule has 2 aromatic carbocycles. The maximum Gasteiger partial charge on any atom is 0.289 e. The van der Waals surface area contributed by atoms with E-state index in [1.807, 2.05) is 26.0 Å². The number of carbonyl (C=O) groups excluding carboxylic acids is 1. The van der Waals surface area contributed by atoms with Crippen molar-refractivity contribution < 1.29 is 9.21 Å². The lowest BCUT2D eigenvalue weighted by Crippen LogP contribution is -2.42. The van der Waals surface area contributed by atoms with E-state index >= 15 is 0 Å². The first-order valence-corrected chi connectivity index (χ1v) is 12.5. The highest BCUT2D eigenvalue weighted by atomic mass is 16.4. The van der Waals surface area contributed by atoms with E-state index in [0.29, 0.717) is 17.6 Å². The molecular weight excluding hydrogens is 422 g/mol. The number of furan rings is 1. The third kappa shape index (κ3) is 4.68. The Morgan fingerprint density at radius 3 is 2.29 bits per heavy atom. The molecule has 2 N–H and O–H groups in total. The molecule has 2 unspecified atom stereocenters. The van der Waals surface area contributed by atoms with Gasteiger partial charge in [-0.25, -0.2) is 0 Å². The summed E-state index contributed by atoms with van der Waals surface area (Å²) in [7, 11) is 0. The fourth-order valence-corrected chi connectivity index (χ4v) is 5.79. The third-order valence-corrected chi connectivity index (χ3v) is 7.62. The summed E-state index contributed by atoms with van der Waals surface area (Å²) in [4.78, 5) is 18.2. The van der Waals surface area contributed by atoms with Crippen LogP contribution in [0.2, 0.25) is 0 Å². The number of hydrogen-bond acceptors (Lipinski definition) is 4. The lowest BCUT2D eigenvalue weighted by molar-refractivity contribution is 0.0673. The Balaban J connectivity index is 1.35. The van der Waals surface area contributed by atoms with Gasteiger partial charge < -0.3 is 20.0 Å². The quantitative estimate of drug-likeness (QED) is 0.560. The van der Waals surface area contributed by atoms with E-state index in [0.717, 1.165) is 43.9 Å². The van der Waals surface area contributed by atoms with Crippen LogP contribution in [0.5, 0.6) is 0 Å². The van der Waals surface area contributed by atoms with Crippen LogP contribution in [0.4, 0.5) is 0 Å². The van der Waals surface area contributed by atoms with Crippen LogP contribution in [0.25, 0.3) is 0 Å². The zero-order valence-corrected chi connectivity index (χ0v) is 20.2. The molecule has 5 heteroatoms. The smallest absolute Gasteiger partial charge is 0.289 e. The normalized spacial score (nSPS) is 24.0. The highest BCUT2D eigenvalue weighted by molar-refractivity contribution is 5.92. The first-order valence-electron chi connectivity index (χ1n) is 12.5. The van der Waals surface area contributed by atoms with Crippen LogP contribution in [0.1, 0.15) is 70.6 Å². The SMILES string of the molecule is Cc1oc(C(=O)N2C[C@@H](c3ccccc3)C[C@H]2CN2CCC(c3ccccc3)C2)cc1C(C)N. The van der Waals surface area contributed by atoms with Gasteiger partial charge in [0.1, 0.15) is 5.76 Å². The van der Waals surface area contributed by atoms with Gasteiger partial charge in [-0.05, 0) is 56.3 Å². The van der Waals surface area contributed by atoms with E-state index in [2.05, 4.69) is 64.4 Å². The van der Waals surface area contributed by atoms with E-state index in [-0.39, 0.29) is 18.0 Å². The predicted molar refractivity (Wildman–Crippen MR) is 135 cm³/mol. The summed E-state index contributed by atoms with van der Waals surface area (Å²) in [6.07, 6.45) is 2.14. The monoisotopic (exact) mass is 457 g/mol. The molecule has 0 spiro atoms. The van der Waals surface area contributed by atoms with Gasteiger partial charge in [-0.1, -0.05) is 60.7 Å². The lowest BCUT2D eigenvalue weighted by Gasteiger charge is -2.28. The van der Waals surface area contributed by atoms with Crippen molar-refractivity contribution in [3.05, 3.63) is 94.9 Å². The first-order chi connectivity index (χ1) is 16.5. The maximum absolute atomic E-state index is 13.7. The minimum atomic E-state index is -0.156. The summed E-state index contributed by atoms with van der Waals surface area (Å²) in [5.74, 6) is 2.04. The molecule has 34 heavy (non-hydrogen) atoms. The maximum atomic E-state index is 13.7. The summed E-state index contributed by atoms with van der Waals surface area (Å²) in [6.45, 7) is 7.55. The summed E-state index contributed by atoms with van der Waals surface area (Å²) < 4.78 is 5.90. The largest absolute Gasteiger partial charge is 0.456 e. The zero-order chi connectivity index (χ0) is 23.7. The molecule has 178 valence electrons. The molecule has 2 fully saturated rings. The van der Waals surface area contributed by atoms with Crippen molar-refractivity contribution >= 4 is 5.91 Å². The van der Waals surface area contributed by atoms with E-state index in [1.54, 1.807) is 0 Å². The Morgan fingerprint density at radius 2 is 1.68 bits per heavy atom. The van der Waals surface area contributed by atoms with Crippen LogP contribution in [0.3, 0.4) is 0 Å². The second-order valence-corrected chi connectivity index (χ2v) is 10.0. The molecule has 1 aromatic heterocycles. The average molecular weight is 458 g/mol. The molecule has 1 amide bonds. The van der Waals surface area contributed by atoms with Gasteiger partial charge in [0.25, 0.3) is 5.91 Å². The number of aryl methyl sites for hydroxylation is 1. The standard InChI is InChI=1S/C29H35N3O2/c1-20(30)27-16-28(34-21(27)2)29(33)32-18-25(23-11-7-4-8-12-23)15-26(32)19-31-14-13-24(17-31)22-9-5-3-6-10-22/h3-12,16,20,24-26H,13-15,17-19,30H2,1-2H3/t20?,24?,25-,26-/m0/s1. The van der Waals surface area contributed by atoms with E-state index in [1.165, 1.54) is 17.5 Å². The number of hydrogen-bond donors (Lipinski definition) is 1. The van der Waals surface area contributed by atoms with Gasteiger partial charge in [0.05, 0.1) is 0 Å². The summed E-state index contributed by atoms with van der Waals surface area (Å²) in [5.41, 5.74) is 9.71. The molecular formula is C29H35N3O2. The second kappa shape index (κ2) is 9.77. The number of carbonyl (C=O) groups is 1. The molecule has 2 saturated heterocycles. The van der Waals surface area contributed by atoms with Gasteiger partial charge >= 0.3 is 0 Å². The molecule has 0 aliphatic carbocycles. The molecule has 0 radical (unpaired) electrons. The highest BCUT2D eigenvalue weighted by Crippen LogP contribution is 2.35. The van der Waals surface area contributed by atoms with Crippen LogP contribution in [-0.4, -0.2) is 47.9 Å². The zero-order valence-electron chi connectivity index (χ0n) is 20.2. The Bertz CT molecular complexity index is 1110. The summed E-state index contributed by atoms with van der Waals surface area (Å²) >= 11 is 0. The third-order valence-electron chi connectivity index (χ3n) is 7.62. The average Bonchev–Trinajstić information content (AvgIpc) is 3.59. The van der Waals surface area contributed by atoms with Gasteiger partial charge in [-0.3, -0.25) is 4.79 Å². The van der Waals surface area contributed by atoms with Gasteiger partial charge in [-0.15, -0.1) is 0 Å². The van der Waals surface area contributed by atoms with Crippen LogP contribution in [0, 0.1) is 6.92 Å². The summed E-state index contributed by atoms with van der Waals surface area (Å²) in [6, 6.07) is 23.2. The molecule has 2 aliphatic rings. The number of benzene rings is 2. The van der Waals surface area contributed by atoms with Gasteiger partial charge in [0, 0.05) is 43.2 Å². The number of nitrogens with two attached hydrogens (primary N) is 1. The van der Waals surface area contributed by atoms with Crippen molar-refractivity contribution in [2.45, 2.75) is 50.6 Å². The Kier molecular flexibility index (Phi) is 6.57. The van der Waals surface area contributed by atoms with Crippen LogP contribution < -0.4 is 5.73 Å². The first kappa shape index (κ1) is 22.9. The molecule has 5 rings (SSSR count). The van der Waals surface area contributed by atoms with Gasteiger partial charge in [0.15, 0.2) is 5.76 Å². The van der Waals surface area contributed by atoms with Crippen molar-refractivity contribution in [1.29, 1.82) is 0 Å². The lowest BCUT2D eigenvalue weighted by atomic mass is 9.96. The van der Waals surface area contributed by atoms with E-state index < -0.39 is 0 Å². The topological polar surface area (TPSA) is 62.7 Å². The number of nitrogens with zero attached hydrogens (tertiary/aromatic N) is 2. The van der Waals surface area contributed by atoms with Crippen LogP contribution >= 0.6 is 0 Å². The molecule has 2 aliphatic heterocycles. The number of amides is 1. The fourth-order valence-electron chi connectivity index (χ4n) is 5.79. The molecule has 3 heterocycles. The highest BCUT2D eigenvalue weighted by Gasteiger charge is 2.39. The van der Waals surface area contributed by atoms with Crippen LogP contribution in [0.15, 0.2) is 71.1 Å². The Hall–Kier alpha value is -2.89. The second-order valence-electron chi connectivity index (χ2n) is 10.0. The van der Waals surface area contributed by atoms with Crippen molar-refractivity contribution in [3.63, 3.8) is 0 Å². The predicted octanol–water partition coefficient (Wildman–Crippen LogP) is 5.10. The molecule has 4 atom stereocenters. The Labute approximate surface area is 202 Å². The Morgan fingerprint density at radius 1 is 1.03 bits per heavy atom. The number of likely N-dealkylation sites (tertiary alicyclic amines) is 2. The molecule has 5 nitrogen and oxygen atoms in total. The van der Waals surface area contributed by atoms with E-state index in [9.17, 15) is 4.79 Å². The minimum Gasteiger partial charge on any atom is -0.456 e. The van der Waals surface area contributed by atoms with Crippen molar-refractivity contribution in [2.75, 3.05) is 26.2 Å². The molecule has 3 aromatic rings. The summed E-state index contributed by atoms with van der Waals surface area (Å²) in [5, 5.41) is 0.